The van der Waals surface area contributed by atoms with Crippen molar-refractivity contribution in [2.75, 3.05) is 7.11 Å². The van der Waals surface area contributed by atoms with Crippen LogP contribution >= 0.6 is 12.4 Å². The van der Waals surface area contributed by atoms with Gasteiger partial charge in [-0.25, -0.2) is 0 Å². The summed E-state index contributed by atoms with van der Waals surface area (Å²) in [4.78, 5) is 11.1. The van der Waals surface area contributed by atoms with Gasteiger partial charge in [-0.1, -0.05) is 24.3 Å². The number of benzene rings is 1. The van der Waals surface area contributed by atoms with Crippen molar-refractivity contribution < 1.29 is 9.53 Å². The van der Waals surface area contributed by atoms with E-state index in [1.807, 2.05) is 31.2 Å². The van der Waals surface area contributed by atoms with Crippen LogP contribution < -0.4 is 5.73 Å². The molecule has 0 amide bonds. The molecule has 0 bridgehead atoms. The van der Waals surface area contributed by atoms with Crippen molar-refractivity contribution >= 4 is 18.4 Å². The highest BCUT2D eigenvalue weighted by Crippen LogP contribution is 2.09. The molecule has 0 heterocycles. The van der Waals surface area contributed by atoms with Crippen molar-refractivity contribution in [1.29, 1.82) is 0 Å². The van der Waals surface area contributed by atoms with Crippen LogP contribution in [-0.4, -0.2) is 19.1 Å². The summed E-state index contributed by atoms with van der Waals surface area (Å²) in [5.74, 6) is -0.367. The van der Waals surface area contributed by atoms with Crippen LogP contribution in [0.1, 0.15) is 11.1 Å². The van der Waals surface area contributed by atoms with Gasteiger partial charge in [-0.15, -0.1) is 12.4 Å². The van der Waals surface area contributed by atoms with E-state index in [4.69, 9.17) is 5.73 Å². The highest BCUT2D eigenvalue weighted by molar-refractivity contribution is 5.85. The summed E-state index contributed by atoms with van der Waals surface area (Å²) < 4.78 is 4.56. The molecule has 3 nitrogen and oxygen atoms in total. The van der Waals surface area contributed by atoms with E-state index in [0.717, 1.165) is 11.1 Å². The largest absolute Gasteiger partial charge is 0.468 e. The van der Waals surface area contributed by atoms with Gasteiger partial charge in [-0.2, -0.15) is 0 Å². The first-order chi connectivity index (χ1) is 6.65. The van der Waals surface area contributed by atoms with Crippen LogP contribution in [0.3, 0.4) is 0 Å². The van der Waals surface area contributed by atoms with E-state index < -0.39 is 6.04 Å². The van der Waals surface area contributed by atoms with E-state index in [1.54, 1.807) is 0 Å². The summed E-state index contributed by atoms with van der Waals surface area (Å²) in [6.45, 7) is 2.00. The molecule has 1 atom stereocenters. The van der Waals surface area contributed by atoms with Crippen molar-refractivity contribution in [3.8, 4) is 0 Å². The number of ether oxygens (including phenoxy) is 1. The number of aryl methyl sites for hydroxylation is 1. The minimum atomic E-state index is -0.568. The van der Waals surface area contributed by atoms with Gasteiger partial charge in [0.25, 0.3) is 0 Å². The van der Waals surface area contributed by atoms with Crippen LogP contribution in [0.5, 0.6) is 0 Å². The monoisotopic (exact) mass is 229 g/mol. The second-order valence-corrected chi connectivity index (χ2v) is 3.26. The Bertz CT molecular complexity index is 328. The lowest BCUT2D eigenvalue weighted by Gasteiger charge is -2.10. The maximum atomic E-state index is 11.1. The maximum absolute atomic E-state index is 11.1. The molecule has 2 N–H and O–H groups in total. The van der Waals surface area contributed by atoms with Gasteiger partial charge in [-0.05, 0) is 24.5 Å². The zero-order valence-electron chi connectivity index (χ0n) is 8.90. The summed E-state index contributed by atoms with van der Waals surface area (Å²) in [5, 5.41) is 0. The van der Waals surface area contributed by atoms with Crippen molar-refractivity contribution in [1.82, 2.24) is 0 Å². The third-order valence-electron chi connectivity index (χ3n) is 2.21. The Morgan fingerprint density at radius 2 is 2.07 bits per heavy atom. The third-order valence-corrected chi connectivity index (χ3v) is 2.21. The normalized spacial score (nSPS) is 11.4. The molecule has 0 radical (unpaired) electrons. The number of methoxy groups -OCH3 is 1. The van der Waals surface area contributed by atoms with Crippen LogP contribution in [0.15, 0.2) is 24.3 Å². The molecule has 1 rings (SSSR count). The molecule has 0 aromatic heterocycles. The molecular weight excluding hydrogens is 214 g/mol. The van der Waals surface area contributed by atoms with E-state index >= 15 is 0 Å². The first-order valence-corrected chi connectivity index (χ1v) is 4.53. The summed E-state index contributed by atoms with van der Waals surface area (Å²) in [5.41, 5.74) is 7.89. The Morgan fingerprint density at radius 1 is 1.47 bits per heavy atom. The second kappa shape index (κ2) is 6.43. The molecule has 84 valence electrons. The van der Waals surface area contributed by atoms with Gasteiger partial charge in [0.05, 0.1) is 7.11 Å². The number of carbonyl (C=O) groups excluding carboxylic acids is 1. The number of hydrogen-bond acceptors (Lipinski definition) is 3. The Hall–Kier alpha value is -1.06. The van der Waals surface area contributed by atoms with Gasteiger partial charge >= 0.3 is 5.97 Å². The standard InChI is InChI=1S/C11H15NO2.ClH/c1-8-5-3-4-6-9(8)7-10(12)11(13)14-2;/h3-6,10H,7,12H2,1-2H3;1H/t10-;/m1./s1. The minimum Gasteiger partial charge on any atom is -0.468 e. The van der Waals surface area contributed by atoms with Crippen molar-refractivity contribution in [2.45, 2.75) is 19.4 Å². The predicted octanol–water partition coefficient (Wildman–Crippen LogP) is 1.46. The summed E-state index contributed by atoms with van der Waals surface area (Å²) in [7, 11) is 1.35. The molecule has 0 aliphatic rings. The van der Waals surface area contributed by atoms with Crippen molar-refractivity contribution in [3.63, 3.8) is 0 Å². The highest BCUT2D eigenvalue weighted by atomic mass is 35.5. The van der Waals surface area contributed by atoms with E-state index in [0.29, 0.717) is 6.42 Å². The fraction of sp³-hybridized carbons (Fsp3) is 0.364. The first kappa shape index (κ1) is 13.9. The Morgan fingerprint density at radius 3 is 2.60 bits per heavy atom. The number of nitrogens with two attached hydrogens (primary N) is 1. The molecule has 0 fully saturated rings. The van der Waals surface area contributed by atoms with Gasteiger partial charge in [0, 0.05) is 0 Å². The molecule has 15 heavy (non-hydrogen) atoms. The summed E-state index contributed by atoms with van der Waals surface area (Å²) in [6, 6.07) is 7.30. The minimum absolute atomic E-state index is 0. The van der Waals surface area contributed by atoms with Crippen LogP contribution in [0.4, 0.5) is 0 Å². The number of rotatable bonds is 3. The average Bonchev–Trinajstić information content (AvgIpc) is 2.20. The molecule has 4 heteroatoms. The summed E-state index contributed by atoms with van der Waals surface area (Å²) >= 11 is 0. The third kappa shape index (κ3) is 3.90. The molecular formula is C11H16ClNO2. The van der Waals surface area contributed by atoms with E-state index in [1.165, 1.54) is 7.11 Å². The number of carbonyl (C=O) groups is 1. The maximum Gasteiger partial charge on any atom is 0.322 e. The summed E-state index contributed by atoms with van der Waals surface area (Å²) in [6.07, 6.45) is 0.527. The van der Waals surface area contributed by atoms with Crippen molar-refractivity contribution in [2.24, 2.45) is 5.73 Å². The van der Waals surface area contributed by atoms with E-state index in [2.05, 4.69) is 4.74 Å². The van der Waals surface area contributed by atoms with Crippen LogP contribution in [0.2, 0.25) is 0 Å². The Kier molecular flexibility index (Phi) is 5.97. The molecule has 0 saturated heterocycles. The smallest absolute Gasteiger partial charge is 0.322 e. The Balaban J connectivity index is 0.00000196. The van der Waals surface area contributed by atoms with Gasteiger partial charge in [0.2, 0.25) is 0 Å². The van der Waals surface area contributed by atoms with E-state index in [-0.39, 0.29) is 18.4 Å². The van der Waals surface area contributed by atoms with Crippen molar-refractivity contribution in [3.05, 3.63) is 35.4 Å². The fourth-order valence-corrected chi connectivity index (χ4v) is 1.31. The number of esters is 1. The topological polar surface area (TPSA) is 52.3 Å². The van der Waals surface area contributed by atoms with Gasteiger partial charge in [-0.3, -0.25) is 4.79 Å². The fourth-order valence-electron chi connectivity index (χ4n) is 1.31. The SMILES string of the molecule is COC(=O)[C@H](N)Cc1ccccc1C.Cl. The van der Waals surface area contributed by atoms with Crippen LogP contribution in [-0.2, 0) is 16.0 Å². The Labute approximate surface area is 96.0 Å². The molecule has 0 saturated carbocycles. The first-order valence-electron chi connectivity index (χ1n) is 4.53. The zero-order chi connectivity index (χ0) is 10.6. The lowest BCUT2D eigenvalue weighted by molar-refractivity contribution is -0.142. The quantitative estimate of drug-likeness (QED) is 0.799. The van der Waals surface area contributed by atoms with E-state index in [9.17, 15) is 4.79 Å². The van der Waals surface area contributed by atoms with Gasteiger partial charge in [0.1, 0.15) is 6.04 Å². The molecule has 1 aromatic carbocycles. The van der Waals surface area contributed by atoms with Gasteiger partial charge < -0.3 is 10.5 Å². The number of halogens is 1. The number of hydrogen-bond donors (Lipinski definition) is 1. The molecule has 1 aromatic rings. The zero-order valence-corrected chi connectivity index (χ0v) is 9.71. The van der Waals surface area contributed by atoms with Crippen LogP contribution in [0.25, 0.3) is 0 Å². The predicted molar refractivity (Wildman–Crippen MR) is 62.1 cm³/mol. The average molecular weight is 230 g/mol. The van der Waals surface area contributed by atoms with Gasteiger partial charge in [0.15, 0.2) is 0 Å². The molecule has 0 unspecified atom stereocenters. The highest BCUT2D eigenvalue weighted by Gasteiger charge is 2.14. The molecule has 0 aliphatic heterocycles. The van der Waals surface area contributed by atoms with Crippen LogP contribution in [0, 0.1) is 6.92 Å². The lowest BCUT2D eigenvalue weighted by Crippen LogP contribution is -2.33. The molecule has 0 aliphatic carbocycles. The molecule has 0 spiro atoms. The second-order valence-electron chi connectivity index (χ2n) is 3.26. The lowest BCUT2D eigenvalue weighted by atomic mass is 10.0.